The van der Waals surface area contributed by atoms with Crippen molar-refractivity contribution in [2.75, 3.05) is 5.32 Å². The Kier molecular flexibility index (Phi) is 7.36. The first-order valence-electron chi connectivity index (χ1n) is 9.35. The van der Waals surface area contributed by atoms with Crippen molar-refractivity contribution in [1.29, 1.82) is 0 Å². The van der Waals surface area contributed by atoms with Crippen LogP contribution < -0.4 is 5.32 Å². The Morgan fingerprint density at radius 3 is 2.57 bits per heavy atom. The standard InChI is InChI=1S/C22H23BrN2O2S/c1-2-6-19-21(16-9-11-17(23)12-10-16)25-22(28-19)24-20(27)14-13-18(26)15-7-4-3-5-8-15/h3-5,7-12,18,26H,2,6,13-14H2,1H3,(H,24,25,27)/t18-/m1/s1. The second-order valence-electron chi connectivity index (χ2n) is 6.56. The second-order valence-corrected chi connectivity index (χ2v) is 8.56. The molecule has 0 radical (unpaired) electrons. The zero-order valence-electron chi connectivity index (χ0n) is 15.7. The van der Waals surface area contributed by atoms with Gasteiger partial charge in [0.25, 0.3) is 0 Å². The van der Waals surface area contributed by atoms with Crippen LogP contribution in [0.4, 0.5) is 5.13 Å². The van der Waals surface area contributed by atoms with Crippen LogP contribution in [-0.2, 0) is 11.2 Å². The number of aliphatic hydroxyl groups is 1. The molecule has 0 aliphatic heterocycles. The largest absolute Gasteiger partial charge is 0.388 e. The van der Waals surface area contributed by atoms with E-state index in [1.807, 2.05) is 54.6 Å². The minimum absolute atomic E-state index is 0.130. The summed E-state index contributed by atoms with van der Waals surface area (Å²) >= 11 is 4.98. The molecule has 0 aliphatic rings. The van der Waals surface area contributed by atoms with Crippen LogP contribution in [0.1, 0.15) is 42.7 Å². The Morgan fingerprint density at radius 1 is 1.18 bits per heavy atom. The Hall–Kier alpha value is -2.02. The summed E-state index contributed by atoms with van der Waals surface area (Å²) in [6.07, 6.45) is 1.92. The lowest BCUT2D eigenvalue weighted by Gasteiger charge is -2.10. The molecule has 6 heteroatoms. The summed E-state index contributed by atoms with van der Waals surface area (Å²) in [5, 5.41) is 13.7. The van der Waals surface area contributed by atoms with Crippen molar-refractivity contribution in [3.05, 3.63) is 69.5 Å². The first-order valence-corrected chi connectivity index (χ1v) is 11.0. The number of thiazole rings is 1. The van der Waals surface area contributed by atoms with Crippen LogP contribution in [-0.4, -0.2) is 16.0 Å². The number of hydrogen-bond acceptors (Lipinski definition) is 4. The van der Waals surface area contributed by atoms with Gasteiger partial charge in [0.2, 0.25) is 5.91 Å². The van der Waals surface area contributed by atoms with Gasteiger partial charge in [0.05, 0.1) is 11.8 Å². The molecule has 2 N–H and O–H groups in total. The lowest BCUT2D eigenvalue weighted by atomic mass is 10.1. The quantitative estimate of drug-likeness (QED) is 0.436. The summed E-state index contributed by atoms with van der Waals surface area (Å²) in [7, 11) is 0. The van der Waals surface area contributed by atoms with Gasteiger partial charge < -0.3 is 10.4 Å². The van der Waals surface area contributed by atoms with E-state index in [0.717, 1.165) is 34.1 Å². The number of nitrogens with zero attached hydrogens (tertiary/aromatic N) is 1. The molecule has 1 heterocycles. The molecule has 28 heavy (non-hydrogen) atoms. The number of carbonyl (C=O) groups excluding carboxylic acids is 1. The lowest BCUT2D eigenvalue weighted by molar-refractivity contribution is -0.116. The van der Waals surface area contributed by atoms with Gasteiger partial charge in [-0.3, -0.25) is 4.79 Å². The minimum atomic E-state index is -0.641. The highest BCUT2D eigenvalue weighted by molar-refractivity contribution is 9.10. The van der Waals surface area contributed by atoms with Gasteiger partial charge in [-0.05, 0) is 30.5 Å². The third-order valence-corrected chi connectivity index (χ3v) is 5.93. The summed E-state index contributed by atoms with van der Waals surface area (Å²) in [6.45, 7) is 2.13. The molecule has 1 atom stereocenters. The molecule has 1 amide bonds. The predicted molar refractivity (Wildman–Crippen MR) is 119 cm³/mol. The zero-order valence-corrected chi connectivity index (χ0v) is 18.1. The number of carbonyl (C=O) groups is 1. The van der Waals surface area contributed by atoms with Crippen molar-refractivity contribution in [3.8, 4) is 11.3 Å². The smallest absolute Gasteiger partial charge is 0.226 e. The first-order chi connectivity index (χ1) is 13.6. The lowest BCUT2D eigenvalue weighted by Crippen LogP contribution is -2.12. The Bertz CT molecular complexity index is 910. The number of anilines is 1. The first kappa shape index (κ1) is 20.7. The van der Waals surface area contributed by atoms with E-state index in [-0.39, 0.29) is 12.3 Å². The maximum absolute atomic E-state index is 12.3. The van der Waals surface area contributed by atoms with E-state index >= 15 is 0 Å². The zero-order chi connectivity index (χ0) is 19.9. The van der Waals surface area contributed by atoms with Crippen LogP contribution in [0.5, 0.6) is 0 Å². The molecule has 3 aromatic rings. The molecule has 4 nitrogen and oxygen atoms in total. The summed E-state index contributed by atoms with van der Waals surface area (Å²) in [4.78, 5) is 18.2. The Morgan fingerprint density at radius 2 is 1.89 bits per heavy atom. The monoisotopic (exact) mass is 458 g/mol. The number of aromatic nitrogens is 1. The van der Waals surface area contributed by atoms with Gasteiger partial charge in [-0.15, -0.1) is 11.3 Å². The normalized spacial score (nSPS) is 12.0. The Labute approximate surface area is 177 Å². The molecule has 0 unspecified atom stereocenters. The van der Waals surface area contributed by atoms with Crippen LogP contribution in [0.2, 0.25) is 0 Å². The van der Waals surface area contributed by atoms with E-state index in [0.29, 0.717) is 11.6 Å². The highest BCUT2D eigenvalue weighted by Crippen LogP contribution is 2.33. The van der Waals surface area contributed by atoms with E-state index < -0.39 is 6.10 Å². The molecule has 1 aromatic heterocycles. The van der Waals surface area contributed by atoms with Gasteiger partial charge in [-0.2, -0.15) is 0 Å². The average molecular weight is 459 g/mol. The maximum atomic E-state index is 12.3. The highest BCUT2D eigenvalue weighted by atomic mass is 79.9. The average Bonchev–Trinajstić information content (AvgIpc) is 3.10. The minimum Gasteiger partial charge on any atom is -0.388 e. The topological polar surface area (TPSA) is 62.2 Å². The number of rotatable bonds is 8. The molecule has 0 bridgehead atoms. The van der Waals surface area contributed by atoms with Gasteiger partial charge in [-0.1, -0.05) is 71.7 Å². The van der Waals surface area contributed by atoms with Crippen LogP contribution in [0.3, 0.4) is 0 Å². The van der Waals surface area contributed by atoms with E-state index in [1.54, 1.807) is 0 Å². The molecule has 0 spiro atoms. The number of amides is 1. The summed E-state index contributed by atoms with van der Waals surface area (Å²) in [6, 6.07) is 17.4. The Balaban J connectivity index is 1.65. The van der Waals surface area contributed by atoms with Crippen LogP contribution >= 0.6 is 27.3 Å². The summed E-state index contributed by atoms with van der Waals surface area (Å²) in [5.74, 6) is -0.130. The maximum Gasteiger partial charge on any atom is 0.226 e. The van der Waals surface area contributed by atoms with Gasteiger partial charge in [0.15, 0.2) is 5.13 Å². The molecule has 146 valence electrons. The van der Waals surface area contributed by atoms with E-state index in [9.17, 15) is 9.90 Å². The molecular formula is C22H23BrN2O2S. The van der Waals surface area contributed by atoms with Gasteiger partial charge in [0, 0.05) is 21.3 Å². The number of hydrogen-bond donors (Lipinski definition) is 2. The molecule has 0 saturated heterocycles. The van der Waals surface area contributed by atoms with Gasteiger partial charge in [0.1, 0.15) is 0 Å². The molecule has 0 aliphatic carbocycles. The fourth-order valence-electron chi connectivity index (χ4n) is 2.93. The fourth-order valence-corrected chi connectivity index (χ4v) is 4.29. The molecule has 0 fully saturated rings. The molecular weight excluding hydrogens is 436 g/mol. The SMILES string of the molecule is CCCc1sc(NC(=O)CC[C@@H](O)c2ccccc2)nc1-c1ccc(Br)cc1. The third kappa shape index (κ3) is 5.50. The van der Waals surface area contributed by atoms with Gasteiger partial charge >= 0.3 is 0 Å². The van der Waals surface area contributed by atoms with Gasteiger partial charge in [-0.25, -0.2) is 4.98 Å². The second kappa shape index (κ2) is 9.96. The fraction of sp³-hybridized carbons (Fsp3) is 0.273. The number of nitrogens with one attached hydrogen (secondary N) is 1. The van der Waals surface area contributed by atoms with E-state index in [2.05, 4.69) is 33.2 Å². The van der Waals surface area contributed by atoms with Crippen LogP contribution in [0.25, 0.3) is 11.3 Å². The van der Waals surface area contributed by atoms with E-state index in [1.165, 1.54) is 16.2 Å². The number of halogens is 1. The van der Waals surface area contributed by atoms with Crippen molar-refractivity contribution >= 4 is 38.3 Å². The van der Waals surface area contributed by atoms with Crippen molar-refractivity contribution in [3.63, 3.8) is 0 Å². The van der Waals surface area contributed by atoms with Crippen molar-refractivity contribution in [1.82, 2.24) is 4.98 Å². The highest BCUT2D eigenvalue weighted by Gasteiger charge is 2.16. The number of aliphatic hydroxyl groups excluding tert-OH is 1. The van der Waals surface area contributed by atoms with Crippen molar-refractivity contribution in [2.45, 2.75) is 38.7 Å². The van der Waals surface area contributed by atoms with Crippen molar-refractivity contribution in [2.24, 2.45) is 0 Å². The number of benzene rings is 2. The molecule has 3 rings (SSSR count). The molecule has 2 aromatic carbocycles. The third-order valence-electron chi connectivity index (χ3n) is 4.37. The van der Waals surface area contributed by atoms with Crippen LogP contribution in [0.15, 0.2) is 59.1 Å². The predicted octanol–water partition coefficient (Wildman–Crippen LogP) is 5.98. The summed E-state index contributed by atoms with van der Waals surface area (Å²) in [5.41, 5.74) is 2.80. The van der Waals surface area contributed by atoms with E-state index in [4.69, 9.17) is 0 Å². The summed E-state index contributed by atoms with van der Waals surface area (Å²) < 4.78 is 1.02. The van der Waals surface area contributed by atoms with Crippen LogP contribution in [0, 0.1) is 0 Å². The van der Waals surface area contributed by atoms with Crippen molar-refractivity contribution < 1.29 is 9.90 Å². The molecule has 0 saturated carbocycles. The number of aryl methyl sites for hydroxylation is 1.